The Hall–Kier alpha value is -1.91. The Balaban J connectivity index is 1.74. The molecule has 1 fully saturated rings. The number of halogens is 1. The number of para-hydroxylation sites is 1. The van der Waals surface area contributed by atoms with E-state index in [1.54, 1.807) is 0 Å². The van der Waals surface area contributed by atoms with Gasteiger partial charge in [0.2, 0.25) is 0 Å². The van der Waals surface area contributed by atoms with Gasteiger partial charge in [-0.05, 0) is 42.3 Å². The second-order valence-electron chi connectivity index (χ2n) is 5.53. The molecule has 0 amide bonds. The van der Waals surface area contributed by atoms with Gasteiger partial charge in [0, 0.05) is 5.92 Å². The summed E-state index contributed by atoms with van der Waals surface area (Å²) in [6.07, 6.45) is 1.09. The van der Waals surface area contributed by atoms with Gasteiger partial charge in [0.25, 0.3) is 0 Å². The molecule has 110 valence electrons. The highest BCUT2D eigenvalue weighted by molar-refractivity contribution is 7.71. The number of aromatic amines is 1. The van der Waals surface area contributed by atoms with E-state index in [4.69, 9.17) is 23.8 Å². The van der Waals surface area contributed by atoms with E-state index in [1.165, 1.54) is 5.56 Å². The van der Waals surface area contributed by atoms with Gasteiger partial charge in [0.15, 0.2) is 4.77 Å². The number of rotatable bonds is 3. The van der Waals surface area contributed by atoms with Crippen LogP contribution in [0.25, 0.3) is 5.69 Å². The maximum absolute atomic E-state index is 6.33. The number of benzene rings is 2. The summed E-state index contributed by atoms with van der Waals surface area (Å²) in [5.74, 6) is 1.85. The first kappa shape index (κ1) is 13.7. The lowest BCUT2D eigenvalue weighted by molar-refractivity contribution is 0.846. The number of H-pyrrole nitrogens is 1. The fourth-order valence-electron chi connectivity index (χ4n) is 2.97. The second-order valence-corrected chi connectivity index (χ2v) is 6.33. The van der Waals surface area contributed by atoms with Gasteiger partial charge in [-0.2, -0.15) is 5.10 Å². The minimum atomic E-state index is 0.381. The van der Waals surface area contributed by atoms with Crippen LogP contribution in [0.2, 0.25) is 5.02 Å². The second kappa shape index (κ2) is 5.38. The summed E-state index contributed by atoms with van der Waals surface area (Å²) < 4.78 is 2.55. The molecule has 0 spiro atoms. The highest BCUT2D eigenvalue weighted by atomic mass is 35.5. The van der Waals surface area contributed by atoms with E-state index in [9.17, 15) is 0 Å². The van der Waals surface area contributed by atoms with Crippen molar-refractivity contribution < 1.29 is 0 Å². The van der Waals surface area contributed by atoms with Crippen molar-refractivity contribution in [3.05, 3.63) is 75.8 Å². The zero-order valence-electron chi connectivity index (χ0n) is 11.7. The van der Waals surface area contributed by atoms with E-state index in [0.717, 1.165) is 17.9 Å². The van der Waals surface area contributed by atoms with Gasteiger partial charge in [0.05, 0.1) is 10.7 Å². The molecule has 0 aliphatic heterocycles. The Morgan fingerprint density at radius 1 is 1.05 bits per heavy atom. The lowest BCUT2D eigenvalue weighted by Gasteiger charge is -2.08. The van der Waals surface area contributed by atoms with Crippen LogP contribution in [0.3, 0.4) is 0 Å². The molecule has 0 unspecified atom stereocenters. The average Bonchev–Trinajstić information content (AvgIpc) is 3.25. The highest BCUT2D eigenvalue weighted by Crippen LogP contribution is 2.54. The first-order valence-corrected chi connectivity index (χ1v) is 8.01. The third kappa shape index (κ3) is 2.28. The molecule has 2 aromatic carbocycles. The van der Waals surface area contributed by atoms with E-state index in [1.807, 2.05) is 34.9 Å². The summed E-state index contributed by atoms with van der Waals surface area (Å²) in [5.41, 5.74) is 2.24. The summed E-state index contributed by atoms with van der Waals surface area (Å²) in [4.78, 5) is 0. The monoisotopic (exact) mass is 327 g/mol. The molecule has 2 atom stereocenters. The van der Waals surface area contributed by atoms with Gasteiger partial charge >= 0.3 is 0 Å². The van der Waals surface area contributed by atoms with Gasteiger partial charge in [-0.3, -0.25) is 9.67 Å². The third-order valence-corrected chi connectivity index (χ3v) is 4.73. The Morgan fingerprint density at radius 3 is 2.55 bits per heavy atom. The Bertz CT molecular complexity index is 869. The van der Waals surface area contributed by atoms with Gasteiger partial charge < -0.3 is 0 Å². The molecule has 1 aromatic heterocycles. The molecule has 1 heterocycles. The maximum atomic E-state index is 6.33. The average molecular weight is 328 g/mol. The lowest BCUT2D eigenvalue weighted by atomic mass is 10.1. The Labute approximate surface area is 138 Å². The van der Waals surface area contributed by atoms with Crippen LogP contribution in [0, 0.1) is 4.77 Å². The summed E-state index contributed by atoms with van der Waals surface area (Å²) in [5, 5.41) is 8.05. The molecule has 5 heteroatoms. The smallest absolute Gasteiger partial charge is 0.199 e. The molecule has 0 radical (unpaired) electrons. The van der Waals surface area contributed by atoms with Crippen LogP contribution in [0.15, 0.2) is 54.6 Å². The molecule has 22 heavy (non-hydrogen) atoms. The van der Waals surface area contributed by atoms with Crippen LogP contribution >= 0.6 is 23.8 Å². The van der Waals surface area contributed by atoms with E-state index >= 15 is 0 Å². The van der Waals surface area contributed by atoms with Gasteiger partial charge in [0.1, 0.15) is 5.82 Å². The number of hydrogen-bond acceptors (Lipinski definition) is 2. The van der Waals surface area contributed by atoms with Crippen molar-refractivity contribution in [3.63, 3.8) is 0 Å². The van der Waals surface area contributed by atoms with Crippen molar-refractivity contribution in [3.8, 4) is 5.69 Å². The Kier molecular flexibility index (Phi) is 3.36. The van der Waals surface area contributed by atoms with E-state index in [2.05, 4.69) is 34.5 Å². The third-order valence-electron chi connectivity index (χ3n) is 4.14. The molecule has 1 aliphatic rings. The van der Waals surface area contributed by atoms with Crippen molar-refractivity contribution in [2.24, 2.45) is 0 Å². The van der Waals surface area contributed by atoms with Crippen LogP contribution in [-0.2, 0) is 0 Å². The maximum Gasteiger partial charge on any atom is 0.199 e. The van der Waals surface area contributed by atoms with Gasteiger partial charge in [-0.15, -0.1) is 0 Å². The minimum Gasteiger partial charge on any atom is -0.270 e. The topological polar surface area (TPSA) is 33.6 Å². The molecule has 4 rings (SSSR count). The predicted molar refractivity (Wildman–Crippen MR) is 90.3 cm³/mol. The van der Waals surface area contributed by atoms with Gasteiger partial charge in [-0.25, -0.2) is 0 Å². The van der Waals surface area contributed by atoms with Gasteiger partial charge in [-0.1, -0.05) is 54.1 Å². The SMILES string of the molecule is S=c1[nH]nc([C@@H]2C[C@@H]2c2ccccc2)n1-c1ccccc1Cl. The standard InChI is InChI=1S/C17H14ClN3S/c18-14-8-4-5-9-15(14)21-16(19-20-17(21)22)13-10-12(13)11-6-2-1-3-7-11/h1-9,12-13H,10H2,(H,20,22)/t12-,13-/m1/s1. The lowest BCUT2D eigenvalue weighted by Crippen LogP contribution is -2.01. The quantitative estimate of drug-likeness (QED) is 0.697. The fourth-order valence-corrected chi connectivity index (χ4v) is 3.43. The molecular weight excluding hydrogens is 314 g/mol. The Morgan fingerprint density at radius 2 is 1.77 bits per heavy atom. The summed E-state index contributed by atoms with van der Waals surface area (Å²) in [6.45, 7) is 0. The highest BCUT2D eigenvalue weighted by Gasteiger charge is 2.43. The van der Waals surface area contributed by atoms with Crippen molar-refractivity contribution in [2.75, 3.05) is 0 Å². The van der Waals surface area contributed by atoms with Crippen LogP contribution in [0.5, 0.6) is 0 Å². The van der Waals surface area contributed by atoms with Crippen molar-refractivity contribution in [1.82, 2.24) is 14.8 Å². The first-order valence-electron chi connectivity index (χ1n) is 7.23. The number of aromatic nitrogens is 3. The minimum absolute atomic E-state index is 0.381. The normalized spacial score (nSPS) is 20.0. The predicted octanol–water partition coefficient (Wildman–Crippen LogP) is 4.85. The van der Waals surface area contributed by atoms with Crippen LogP contribution in [0.4, 0.5) is 0 Å². The van der Waals surface area contributed by atoms with Crippen LogP contribution in [0.1, 0.15) is 29.6 Å². The number of nitrogens with zero attached hydrogens (tertiary/aromatic N) is 2. The van der Waals surface area contributed by atoms with E-state index < -0.39 is 0 Å². The fraction of sp³-hybridized carbons (Fsp3) is 0.176. The molecule has 0 bridgehead atoms. The number of nitrogens with one attached hydrogen (secondary N) is 1. The molecule has 3 nitrogen and oxygen atoms in total. The zero-order chi connectivity index (χ0) is 15.1. The molecule has 3 aromatic rings. The molecule has 1 aliphatic carbocycles. The zero-order valence-corrected chi connectivity index (χ0v) is 13.3. The van der Waals surface area contributed by atoms with E-state index in [0.29, 0.717) is 21.6 Å². The molecule has 1 N–H and O–H groups in total. The first-order chi connectivity index (χ1) is 10.8. The van der Waals surface area contributed by atoms with Crippen molar-refractivity contribution in [1.29, 1.82) is 0 Å². The number of hydrogen-bond donors (Lipinski definition) is 1. The molecule has 0 saturated heterocycles. The van der Waals surface area contributed by atoms with Crippen LogP contribution < -0.4 is 0 Å². The molecule has 1 saturated carbocycles. The summed E-state index contributed by atoms with van der Waals surface area (Å²) in [6, 6.07) is 18.3. The van der Waals surface area contributed by atoms with Crippen molar-refractivity contribution >= 4 is 23.8 Å². The summed E-state index contributed by atoms with van der Waals surface area (Å²) >= 11 is 11.7. The largest absolute Gasteiger partial charge is 0.270 e. The van der Waals surface area contributed by atoms with Crippen LogP contribution in [-0.4, -0.2) is 14.8 Å². The van der Waals surface area contributed by atoms with Crippen molar-refractivity contribution in [2.45, 2.75) is 18.3 Å². The molecular formula is C17H14ClN3S. The summed E-state index contributed by atoms with van der Waals surface area (Å²) in [7, 11) is 0. The van der Waals surface area contributed by atoms with E-state index in [-0.39, 0.29) is 0 Å².